The minimum atomic E-state index is -1.01. The number of carboxylic acids is 1. The van der Waals surface area contributed by atoms with Gasteiger partial charge in [0.1, 0.15) is 5.82 Å². The Morgan fingerprint density at radius 1 is 1.53 bits per heavy atom. The van der Waals surface area contributed by atoms with Crippen LogP contribution in [0.2, 0.25) is 5.02 Å². The fourth-order valence-electron chi connectivity index (χ4n) is 1.78. The van der Waals surface area contributed by atoms with Gasteiger partial charge in [-0.2, -0.15) is 0 Å². The van der Waals surface area contributed by atoms with Gasteiger partial charge >= 0.3 is 5.97 Å². The Labute approximate surface area is 102 Å². The zero-order valence-electron chi connectivity index (χ0n) is 8.69. The van der Waals surface area contributed by atoms with Crippen LogP contribution in [0.1, 0.15) is 6.42 Å². The van der Waals surface area contributed by atoms with Crippen LogP contribution in [0.15, 0.2) is 18.2 Å². The highest BCUT2D eigenvalue weighted by molar-refractivity contribution is 6.31. The predicted molar refractivity (Wildman–Crippen MR) is 59.5 cm³/mol. The number of benzene rings is 1. The van der Waals surface area contributed by atoms with Crippen LogP contribution in [0.5, 0.6) is 0 Å². The van der Waals surface area contributed by atoms with Crippen LogP contribution >= 0.6 is 11.6 Å². The van der Waals surface area contributed by atoms with E-state index in [-0.39, 0.29) is 23.9 Å². The molecule has 0 aromatic heterocycles. The van der Waals surface area contributed by atoms with Gasteiger partial charge in [0.25, 0.3) is 0 Å². The summed E-state index contributed by atoms with van der Waals surface area (Å²) in [5, 5.41) is 8.74. The largest absolute Gasteiger partial charge is 0.481 e. The van der Waals surface area contributed by atoms with Crippen molar-refractivity contribution >= 4 is 29.2 Å². The van der Waals surface area contributed by atoms with Crippen molar-refractivity contribution in [2.45, 2.75) is 6.42 Å². The molecule has 0 aliphatic carbocycles. The quantitative estimate of drug-likeness (QED) is 0.881. The topological polar surface area (TPSA) is 57.6 Å². The van der Waals surface area contributed by atoms with Crippen LogP contribution in [-0.4, -0.2) is 23.5 Å². The summed E-state index contributed by atoms with van der Waals surface area (Å²) in [5.74, 6) is -2.59. The summed E-state index contributed by atoms with van der Waals surface area (Å²) in [6, 6.07) is 3.88. The molecule has 1 heterocycles. The Morgan fingerprint density at radius 2 is 2.24 bits per heavy atom. The molecule has 2 rings (SSSR count). The zero-order chi connectivity index (χ0) is 12.6. The molecule has 90 valence electrons. The maximum Gasteiger partial charge on any atom is 0.308 e. The average molecular weight is 258 g/mol. The average Bonchev–Trinajstić information content (AvgIpc) is 2.65. The monoisotopic (exact) mass is 257 g/mol. The van der Waals surface area contributed by atoms with Crippen LogP contribution in [0.25, 0.3) is 0 Å². The highest BCUT2D eigenvalue weighted by atomic mass is 35.5. The molecule has 4 nitrogen and oxygen atoms in total. The van der Waals surface area contributed by atoms with Gasteiger partial charge in [-0.15, -0.1) is 0 Å². The van der Waals surface area contributed by atoms with Crippen molar-refractivity contribution in [3.05, 3.63) is 29.0 Å². The fourth-order valence-corrected chi connectivity index (χ4v) is 1.95. The number of hydrogen-bond acceptors (Lipinski definition) is 2. The van der Waals surface area contributed by atoms with E-state index in [0.29, 0.717) is 5.69 Å². The summed E-state index contributed by atoms with van der Waals surface area (Å²) in [6.07, 6.45) is -0.0374. The summed E-state index contributed by atoms with van der Waals surface area (Å²) in [6.45, 7) is 0.0934. The van der Waals surface area contributed by atoms with Gasteiger partial charge in [0, 0.05) is 18.7 Å². The molecule has 1 saturated heterocycles. The van der Waals surface area contributed by atoms with Gasteiger partial charge in [0.2, 0.25) is 5.91 Å². The Hall–Kier alpha value is -1.62. The number of rotatable bonds is 2. The molecule has 1 aliphatic heterocycles. The fraction of sp³-hybridized carbons (Fsp3) is 0.273. The zero-order valence-corrected chi connectivity index (χ0v) is 9.45. The Bertz CT molecular complexity index is 492. The van der Waals surface area contributed by atoms with E-state index in [9.17, 15) is 14.0 Å². The number of amides is 1. The summed E-state index contributed by atoms with van der Waals surface area (Å²) in [7, 11) is 0. The molecule has 1 aromatic carbocycles. The van der Waals surface area contributed by atoms with E-state index in [0.717, 1.165) is 6.07 Å². The number of carboxylic acid groups (broad SMARTS) is 1. The van der Waals surface area contributed by atoms with Crippen LogP contribution in [0, 0.1) is 11.7 Å². The van der Waals surface area contributed by atoms with Crippen molar-refractivity contribution in [1.29, 1.82) is 0 Å². The SMILES string of the molecule is O=C(O)[C@@H]1CC(=O)N(c2ccc(F)c(Cl)c2)C1. The summed E-state index contributed by atoms with van der Waals surface area (Å²) < 4.78 is 13.0. The number of carbonyl (C=O) groups is 2. The van der Waals surface area contributed by atoms with Gasteiger partial charge in [-0.05, 0) is 18.2 Å². The standard InChI is InChI=1S/C11H9ClFNO3/c12-8-4-7(1-2-9(8)13)14-5-6(11(16)17)3-10(14)15/h1-2,4,6H,3,5H2,(H,16,17)/t6-/m1/s1. The van der Waals surface area contributed by atoms with E-state index in [1.54, 1.807) is 0 Å². The van der Waals surface area contributed by atoms with E-state index < -0.39 is 17.7 Å². The molecule has 0 bridgehead atoms. The Morgan fingerprint density at radius 3 is 2.76 bits per heavy atom. The molecule has 1 fully saturated rings. The summed E-state index contributed by atoms with van der Waals surface area (Å²) >= 11 is 5.61. The summed E-state index contributed by atoms with van der Waals surface area (Å²) in [4.78, 5) is 23.7. The van der Waals surface area contributed by atoms with Crippen molar-refractivity contribution in [2.75, 3.05) is 11.4 Å². The normalized spacial score (nSPS) is 19.8. The minimum absolute atomic E-state index is 0.0374. The molecule has 0 saturated carbocycles. The molecule has 1 amide bonds. The van der Waals surface area contributed by atoms with Gasteiger partial charge in [0.05, 0.1) is 10.9 Å². The van der Waals surface area contributed by atoms with E-state index >= 15 is 0 Å². The number of nitrogens with zero attached hydrogens (tertiary/aromatic N) is 1. The second-order valence-corrected chi connectivity index (χ2v) is 4.25. The minimum Gasteiger partial charge on any atom is -0.481 e. The van der Waals surface area contributed by atoms with Gasteiger partial charge in [-0.1, -0.05) is 11.6 Å². The molecule has 1 N–H and O–H groups in total. The van der Waals surface area contributed by atoms with Crippen molar-refractivity contribution in [1.82, 2.24) is 0 Å². The lowest BCUT2D eigenvalue weighted by atomic mass is 10.1. The number of anilines is 1. The number of hydrogen-bond donors (Lipinski definition) is 1. The second kappa shape index (κ2) is 4.33. The van der Waals surface area contributed by atoms with Crippen molar-refractivity contribution in [2.24, 2.45) is 5.92 Å². The van der Waals surface area contributed by atoms with Crippen molar-refractivity contribution in [3.8, 4) is 0 Å². The molecule has 0 spiro atoms. The van der Waals surface area contributed by atoms with E-state index in [1.165, 1.54) is 17.0 Å². The maximum atomic E-state index is 13.0. The molecule has 1 aromatic rings. The lowest BCUT2D eigenvalue weighted by molar-refractivity contribution is -0.141. The van der Waals surface area contributed by atoms with Gasteiger partial charge in [-0.25, -0.2) is 4.39 Å². The lowest BCUT2D eigenvalue weighted by Crippen LogP contribution is -2.25. The van der Waals surface area contributed by atoms with E-state index in [2.05, 4.69) is 0 Å². The third-order valence-corrected chi connectivity index (χ3v) is 2.98. The predicted octanol–water partition coefficient (Wildman–Crippen LogP) is 1.92. The number of aliphatic carboxylic acids is 1. The van der Waals surface area contributed by atoms with Crippen molar-refractivity contribution < 1.29 is 19.1 Å². The first-order valence-electron chi connectivity index (χ1n) is 4.97. The molecule has 17 heavy (non-hydrogen) atoms. The van der Waals surface area contributed by atoms with E-state index in [1.807, 2.05) is 0 Å². The van der Waals surface area contributed by atoms with Gasteiger partial charge in [0.15, 0.2) is 0 Å². The molecule has 0 unspecified atom stereocenters. The number of halogens is 2. The Kier molecular flexibility index (Phi) is 3.02. The Balaban J connectivity index is 2.26. The first-order valence-corrected chi connectivity index (χ1v) is 5.35. The van der Waals surface area contributed by atoms with Crippen LogP contribution in [-0.2, 0) is 9.59 Å². The first-order chi connectivity index (χ1) is 7.99. The maximum absolute atomic E-state index is 13.0. The van der Waals surface area contributed by atoms with Gasteiger partial charge < -0.3 is 10.0 Å². The van der Waals surface area contributed by atoms with Crippen LogP contribution in [0.4, 0.5) is 10.1 Å². The molecule has 0 radical (unpaired) electrons. The number of carbonyl (C=O) groups excluding carboxylic acids is 1. The molecular formula is C11H9ClFNO3. The van der Waals surface area contributed by atoms with Crippen LogP contribution < -0.4 is 4.90 Å². The lowest BCUT2D eigenvalue weighted by Gasteiger charge is -2.16. The van der Waals surface area contributed by atoms with Crippen molar-refractivity contribution in [3.63, 3.8) is 0 Å². The summed E-state index contributed by atoms with van der Waals surface area (Å²) in [5.41, 5.74) is 0.421. The first kappa shape index (κ1) is 11.9. The van der Waals surface area contributed by atoms with Crippen LogP contribution in [0.3, 0.4) is 0 Å². The smallest absolute Gasteiger partial charge is 0.308 e. The second-order valence-electron chi connectivity index (χ2n) is 3.84. The molecule has 1 atom stereocenters. The molecule has 6 heteroatoms. The highest BCUT2D eigenvalue weighted by Gasteiger charge is 2.35. The highest BCUT2D eigenvalue weighted by Crippen LogP contribution is 2.28. The third-order valence-electron chi connectivity index (χ3n) is 2.69. The van der Waals surface area contributed by atoms with Gasteiger partial charge in [-0.3, -0.25) is 9.59 Å². The third kappa shape index (κ3) is 2.24. The molecular weight excluding hydrogens is 249 g/mol. The molecule has 1 aliphatic rings. The van der Waals surface area contributed by atoms with E-state index in [4.69, 9.17) is 16.7 Å².